The molecule has 100 valence electrons. The molecule has 1 aromatic heterocycles. The maximum atomic E-state index is 10.6. The lowest BCUT2D eigenvalue weighted by atomic mass is 10.1. The number of hydrogen-bond acceptors (Lipinski definition) is 2. The van der Waals surface area contributed by atoms with E-state index in [0.29, 0.717) is 6.42 Å². The number of benzene rings is 1. The SMILES string of the molecule is Cc1ccc(-c2nc(CCC(=O)O)c(Br)n2C)cc1. The first-order chi connectivity index (χ1) is 8.99. The van der Waals surface area contributed by atoms with E-state index in [2.05, 4.69) is 20.9 Å². The zero-order chi connectivity index (χ0) is 14.0. The monoisotopic (exact) mass is 322 g/mol. The maximum absolute atomic E-state index is 10.6. The Hall–Kier alpha value is -1.62. The van der Waals surface area contributed by atoms with Crippen molar-refractivity contribution in [2.75, 3.05) is 0 Å². The van der Waals surface area contributed by atoms with Gasteiger partial charge in [-0.2, -0.15) is 0 Å². The summed E-state index contributed by atoms with van der Waals surface area (Å²) in [5.74, 6) is 0.0294. The van der Waals surface area contributed by atoms with Crippen LogP contribution in [-0.4, -0.2) is 20.6 Å². The summed E-state index contributed by atoms with van der Waals surface area (Å²) < 4.78 is 2.77. The van der Waals surface area contributed by atoms with Crippen LogP contribution in [0.1, 0.15) is 17.7 Å². The van der Waals surface area contributed by atoms with E-state index in [1.165, 1.54) is 5.56 Å². The van der Waals surface area contributed by atoms with E-state index in [-0.39, 0.29) is 6.42 Å². The molecule has 1 N–H and O–H groups in total. The van der Waals surface area contributed by atoms with Gasteiger partial charge in [0, 0.05) is 19.0 Å². The highest BCUT2D eigenvalue weighted by atomic mass is 79.9. The lowest BCUT2D eigenvalue weighted by Crippen LogP contribution is -1.98. The van der Waals surface area contributed by atoms with E-state index < -0.39 is 5.97 Å². The summed E-state index contributed by atoms with van der Waals surface area (Å²) in [5.41, 5.74) is 3.00. The van der Waals surface area contributed by atoms with Crippen molar-refractivity contribution in [2.45, 2.75) is 19.8 Å². The first kappa shape index (κ1) is 13.8. The molecule has 0 spiro atoms. The first-order valence-electron chi connectivity index (χ1n) is 5.99. The number of halogens is 1. The summed E-state index contributed by atoms with van der Waals surface area (Å²) in [6.07, 6.45) is 0.512. The van der Waals surface area contributed by atoms with Crippen molar-refractivity contribution in [1.82, 2.24) is 9.55 Å². The second-order valence-electron chi connectivity index (χ2n) is 4.49. The zero-order valence-electron chi connectivity index (χ0n) is 10.9. The van der Waals surface area contributed by atoms with Gasteiger partial charge in [0.25, 0.3) is 0 Å². The highest BCUT2D eigenvalue weighted by molar-refractivity contribution is 9.10. The maximum Gasteiger partial charge on any atom is 0.303 e. The molecule has 2 aromatic rings. The molecule has 0 radical (unpaired) electrons. The molecule has 0 aliphatic heterocycles. The van der Waals surface area contributed by atoms with Crippen LogP contribution in [0.4, 0.5) is 0 Å². The number of aryl methyl sites for hydroxylation is 2. The van der Waals surface area contributed by atoms with E-state index in [4.69, 9.17) is 5.11 Å². The number of aliphatic carboxylic acids is 1. The number of carboxylic acid groups (broad SMARTS) is 1. The van der Waals surface area contributed by atoms with Crippen molar-refractivity contribution in [3.63, 3.8) is 0 Å². The molecule has 5 heteroatoms. The number of rotatable bonds is 4. The van der Waals surface area contributed by atoms with Crippen LogP contribution < -0.4 is 0 Å². The fourth-order valence-corrected chi connectivity index (χ4v) is 2.34. The standard InChI is InChI=1S/C14H15BrN2O2/c1-9-3-5-10(6-4-9)14-16-11(7-8-12(18)19)13(15)17(14)2/h3-6H,7-8H2,1-2H3,(H,18,19). The van der Waals surface area contributed by atoms with Crippen molar-refractivity contribution < 1.29 is 9.90 Å². The van der Waals surface area contributed by atoms with Crippen LogP contribution in [0.2, 0.25) is 0 Å². The van der Waals surface area contributed by atoms with E-state index in [1.54, 1.807) is 0 Å². The highest BCUT2D eigenvalue weighted by Gasteiger charge is 2.14. The Balaban J connectivity index is 2.34. The Morgan fingerprint density at radius 3 is 2.58 bits per heavy atom. The summed E-state index contributed by atoms with van der Waals surface area (Å²) >= 11 is 3.47. The molecule has 0 unspecified atom stereocenters. The summed E-state index contributed by atoms with van der Waals surface area (Å²) in [4.78, 5) is 15.2. The Kier molecular flexibility index (Phi) is 4.04. The molecule has 4 nitrogen and oxygen atoms in total. The lowest BCUT2D eigenvalue weighted by molar-refractivity contribution is -0.136. The third-order valence-electron chi connectivity index (χ3n) is 2.98. The van der Waals surface area contributed by atoms with Gasteiger partial charge in [-0.1, -0.05) is 29.8 Å². The average Bonchev–Trinajstić information content (AvgIpc) is 2.65. The van der Waals surface area contributed by atoms with Crippen LogP contribution in [0.5, 0.6) is 0 Å². The number of aromatic nitrogens is 2. The summed E-state index contributed by atoms with van der Waals surface area (Å²) in [6, 6.07) is 8.11. The number of carboxylic acids is 1. The van der Waals surface area contributed by atoms with Gasteiger partial charge in [0.2, 0.25) is 0 Å². The highest BCUT2D eigenvalue weighted by Crippen LogP contribution is 2.26. The van der Waals surface area contributed by atoms with Crippen molar-refractivity contribution in [1.29, 1.82) is 0 Å². The molecular formula is C14H15BrN2O2. The van der Waals surface area contributed by atoms with Crippen molar-refractivity contribution >= 4 is 21.9 Å². The minimum Gasteiger partial charge on any atom is -0.481 e. The fraction of sp³-hybridized carbons (Fsp3) is 0.286. The average molecular weight is 323 g/mol. The molecule has 19 heavy (non-hydrogen) atoms. The van der Waals surface area contributed by atoms with Crippen LogP contribution in [0.25, 0.3) is 11.4 Å². The third-order valence-corrected chi connectivity index (χ3v) is 3.97. The van der Waals surface area contributed by atoms with Gasteiger partial charge >= 0.3 is 5.97 Å². The molecule has 0 aliphatic carbocycles. The largest absolute Gasteiger partial charge is 0.481 e. The molecule has 1 heterocycles. The molecule has 0 bridgehead atoms. The topological polar surface area (TPSA) is 55.1 Å². The summed E-state index contributed by atoms with van der Waals surface area (Å²) in [7, 11) is 1.91. The lowest BCUT2D eigenvalue weighted by Gasteiger charge is -2.02. The molecule has 0 saturated heterocycles. The van der Waals surface area contributed by atoms with Gasteiger partial charge in [0.15, 0.2) is 0 Å². The second-order valence-corrected chi connectivity index (χ2v) is 5.24. The quantitative estimate of drug-likeness (QED) is 0.940. The number of imidazole rings is 1. The third kappa shape index (κ3) is 3.04. The minimum absolute atomic E-state index is 0.0863. The molecule has 0 saturated carbocycles. The Bertz CT molecular complexity index is 603. The van der Waals surface area contributed by atoms with Gasteiger partial charge < -0.3 is 9.67 Å². The molecule has 0 fully saturated rings. The zero-order valence-corrected chi connectivity index (χ0v) is 12.4. The van der Waals surface area contributed by atoms with Gasteiger partial charge in [-0.15, -0.1) is 0 Å². The van der Waals surface area contributed by atoms with Gasteiger partial charge in [-0.25, -0.2) is 4.98 Å². The van der Waals surface area contributed by atoms with Gasteiger partial charge in [0.05, 0.1) is 12.1 Å². The predicted molar refractivity (Wildman–Crippen MR) is 77.0 cm³/mol. The van der Waals surface area contributed by atoms with E-state index >= 15 is 0 Å². The molecule has 0 atom stereocenters. The van der Waals surface area contributed by atoms with Crippen molar-refractivity contribution in [2.24, 2.45) is 7.05 Å². The second kappa shape index (κ2) is 5.57. The van der Waals surface area contributed by atoms with Crippen LogP contribution in [0.15, 0.2) is 28.9 Å². The first-order valence-corrected chi connectivity index (χ1v) is 6.78. The fourth-order valence-electron chi connectivity index (χ4n) is 1.88. The molecule has 0 amide bonds. The normalized spacial score (nSPS) is 10.7. The summed E-state index contributed by atoms with van der Waals surface area (Å²) in [5, 5.41) is 8.74. The molecule has 1 aromatic carbocycles. The molecular weight excluding hydrogens is 308 g/mol. The Morgan fingerprint density at radius 2 is 2.00 bits per heavy atom. The Labute approximate surface area is 120 Å². The van der Waals surface area contributed by atoms with Gasteiger partial charge in [0.1, 0.15) is 10.4 Å². The van der Waals surface area contributed by atoms with Crippen molar-refractivity contribution in [3.8, 4) is 11.4 Å². The summed E-state index contributed by atoms with van der Waals surface area (Å²) in [6.45, 7) is 2.04. The predicted octanol–water partition coefficient (Wildman–Crippen LogP) is 3.18. The molecule has 0 aliphatic rings. The molecule has 2 rings (SSSR count). The van der Waals surface area contributed by atoms with E-state index in [0.717, 1.165) is 21.7 Å². The smallest absolute Gasteiger partial charge is 0.303 e. The van der Waals surface area contributed by atoms with Crippen LogP contribution in [-0.2, 0) is 18.3 Å². The Morgan fingerprint density at radius 1 is 1.37 bits per heavy atom. The van der Waals surface area contributed by atoms with Gasteiger partial charge in [-0.3, -0.25) is 4.79 Å². The van der Waals surface area contributed by atoms with E-state index in [1.807, 2.05) is 42.8 Å². The van der Waals surface area contributed by atoms with Crippen LogP contribution >= 0.6 is 15.9 Å². The number of nitrogens with zero attached hydrogens (tertiary/aromatic N) is 2. The van der Waals surface area contributed by atoms with Crippen LogP contribution in [0.3, 0.4) is 0 Å². The van der Waals surface area contributed by atoms with Gasteiger partial charge in [-0.05, 0) is 22.9 Å². The minimum atomic E-state index is -0.811. The van der Waals surface area contributed by atoms with E-state index in [9.17, 15) is 4.79 Å². The number of carbonyl (C=O) groups is 1. The number of hydrogen-bond donors (Lipinski definition) is 1. The van der Waals surface area contributed by atoms with Crippen LogP contribution in [0, 0.1) is 6.92 Å². The van der Waals surface area contributed by atoms with Crippen molar-refractivity contribution in [3.05, 3.63) is 40.1 Å².